The van der Waals surface area contributed by atoms with Crippen LogP contribution in [0.25, 0.3) is 0 Å². The van der Waals surface area contributed by atoms with E-state index in [9.17, 15) is 19.7 Å². The number of benzene rings is 1. The van der Waals surface area contributed by atoms with E-state index in [1.807, 2.05) is 20.8 Å². The second-order valence-corrected chi connectivity index (χ2v) is 7.26. The van der Waals surface area contributed by atoms with Crippen LogP contribution in [0.4, 0.5) is 5.69 Å². The van der Waals surface area contributed by atoms with Gasteiger partial charge in [0, 0.05) is 28.8 Å². The Labute approximate surface area is 145 Å². The third kappa shape index (κ3) is 5.84. The van der Waals surface area contributed by atoms with E-state index in [0.717, 1.165) is 0 Å². The summed E-state index contributed by atoms with van der Waals surface area (Å²) in [6.45, 7) is 5.77. The Bertz CT molecular complexity index is 618. The van der Waals surface area contributed by atoms with Crippen molar-refractivity contribution in [3.05, 3.63) is 33.9 Å². The van der Waals surface area contributed by atoms with Gasteiger partial charge in [-0.15, -0.1) is 11.8 Å². The zero-order chi connectivity index (χ0) is 18.3. The third-order valence-corrected chi connectivity index (χ3v) is 4.36. The number of nitrogens with one attached hydrogen (secondary N) is 1. The first kappa shape index (κ1) is 20.0. The number of carbonyl (C=O) groups is 2. The molecule has 0 aliphatic rings. The van der Waals surface area contributed by atoms with Gasteiger partial charge < -0.3 is 10.4 Å². The highest BCUT2D eigenvalue weighted by molar-refractivity contribution is 8.00. The van der Waals surface area contributed by atoms with E-state index < -0.39 is 22.7 Å². The van der Waals surface area contributed by atoms with Crippen molar-refractivity contribution in [3.63, 3.8) is 0 Å². The lowest BCUT2D eigenvalue weighted by atomic mass is 10.0. The van der Waals surface area contributed by atoms with Crippen LogP contribution in [0.3, 0.4) is 0 Å². The fourth-order valence-corrected chi connectivity index (χ4v) is 3.07. The Hall–Kier alpha value is -2.09. The Morgan fingerprint density at radius 1 is 1.38 bits per heavy atom. The molecule has 0 spiro atoms. The smallest absolute Gasteiger partial charge is 0.308 e. The quantitative estimate of drug-likeness (QED) is 0.400. The first-order valence-electron chi connectivity index (χ1n) is 7.72. The lowest BCUT2D eigenvalue weighted by molar-refractivity contribution is -0.384. The number of carboxylic acid groups (broad SMARTS) is 1. The number of hydrogen-bond donors (Lipinski definition) is 2. The topological polar surface area (TPSA) is 110 Å². The molecule has 7 nitrogen and oxygen atoms in total. The molecule has 1 rings (SSSR count). The standard InChI is InChI=1S/C16H22N2O5S/c1-4-5-11(16(20)21)9-17-15(19)13-8-12(18(22)23)6-7-14(13)24-10(2)3/h6-8,10-11H,4-5,9H2,1-3H3,(H,17,19)(H,20,21). The van der Waals surface area contributed by atoms with Crippen molar-refractivity contribution >= 4 is 29.3 Å². The number of thioether (sulfide) groups is 1. The molecule has 1 aromatic rings. The fourth-order valence-electron chi connectivity index (χ4n) is 2.14. The zero-order valence-electron chi connectivity index (χ0n) is 13.9. The molecule has 0 fully saturated rings. The summed E-state index contributed by atoms with van der Waals surface area (Å²) >= 11 is 1.42. The molecule has 0 saturated heterocycles. The highest BCUT2D eigenvalue weighted by Crippen LogP contribution is 2.29. The van der Waals surface area contributed by atoms with E-state index in [4.69, 9.17) is 5.11 Å². The van der Waals surface area contributed by atoms with Gasteiger partial charge in [-0.2, -0.15) is 0 Å². The number of non-ortho nitro benzene ring substituents is 1. The van der Waals surface area contributed by atoms with Crippen LogP contribution in [-0.2, 0) is 4.79 Å². The molecule has 0 heterocycles. The average Bonchev–Trinajstić information content (AvgIpc) is 2.50. The van der Waals surface area contributed by atoms with E-state index in [0.29, 0.717) is 17.7 Å². The second-order valence-electron chi connectivity index (χ2n) is 5.64. The summed E-state index contributed by atoms with van der Waals surface area (Å²) in [6, 6.07) is 4.15. The van der Waals surface area contributed by atoms with Crippen molar-refractivity contribution in [2.24, 2.45) is 5.92 Å². The van der Waals surface area contributed by atoms with Gasteiger partial charge in [0.05, 0.1) is 16.4 Å². The number of amides is 1. The van der Waals surface area contributed by atoms with E-state index >= 15 is 0 Å². The van der Waals surface area contributed by atoms with Crippen molar-refractivity contribution in [1.29, 1.82) is 0 Å². The zero-order valence-corrected chi connectivity index (χ0v) is 14.8. The van der Waals surface area contributed by atoms with Gasteiger partial charge in [-0.3, -0.25) is 19.7 Å². The van der Waals surface area contributed by atoms with Gasteiger partial charge in [0.15, 0.2) is 0 Å². The Morgan fingerprint density at radius 3 is 2.54 bits per heavy atom. The van der Waals surface area contributed by atoms with Gasteiger partial charge in [0.25, 0.3) is 11.6 Å². The highest BCUT2D eigenvalue weighted by Gasteiger charge is 2.21. The molecule has 1 aromatic carbocycles. The second kappa shape index (κ2) is 9.27. The van der Waals surface area contributed by atoms with Crippen molar-refractivity contribution in [2.45, 2.75) is 43.8 Å². The maximum absolute atomic E-state index is 12.4. The number of rotatable bonds is 9. The molecule has 0 bridgehead atoms. The molecule has 0 aromatic heterocycles. The van der Waals surface area contributed by atoms with Gasteiger partial charge in [-0.1, -0.05) is 27.2 Å². The molecule has 1 unspecified atom stereocenters. The van der Waals surface area contributed by atoms with Crippen LogP contribution in [0, 0.1) is 16.0 Å². The summed E-state index contributed by atoms with van der Waals surface area (Å²) in [4.78, 5) is 34.6. The molecule has 2 N–H and O–H groups in total. The monoisotopic (exact) mass is 354 g/mol. The SMILES string of the molecule is CCCC(CNC(=O)c1cc([N+](=O)[O-])ccc1SC(C)C)C(=O)O. The third-order valence-electron chi connectivity index (χ3n) is 3.28. The maximum atomic E-state index is 12.4. The summed E-state index contributed by atoms with van der Waals surface area (Å²) in [5.41, 5.74) is 0.0279. The summed E-state index contributed by atoms with van der Waals surface area (Å²) < 4.78 is 0. The van der Waals surface area contributed by atoms with Crippen molar-refractivity contribution in [1.82, 2.24) is 5.32 Å². The van der Waals surface area contributed by atoms with Crippen LogP contribution >= 0.6 is 11.8 Å². The lowest BCUT2D eigenvalue weighted by Crippen LogP contribution is -2.33. The molecule has 24 heavy (non-hydrogen) atoms. The number of nitro benzene ring substituents is 1. The fraction of sp³-hybridized carbons (Fsp3) is 0.500. The number of carboxylic acids is 1. The van der Waals surface area contributed by atoms with Gasteiger partial charge in [0.1, 0.15) is 0 Å². The minimum atomic E-state index is -0.965. The van der Waals surface area contributed by atoms with Crippen LogP contribution in [-0.4, -0.2) is 33.7 Å². The first-order valence-corrected chi connectivity index (χ1v) is 8.60. The lowest BCUT2D eigenvalue weighted by Gasteiger charge is -2.14. The summed E-state index contributed by atoms with van der Waals surface area (Å²) in [7, 11) is 0. The summed E-state index contributed by atoms with van der Waals surface area (Å²) in [5.74, 6) is -2.13. The maximum Gasteiger partial charge on any atom is 0.308 e. The van der Waals surface area contributed by atoms with Crippen molar-refractivity contribution in [2.75, 3.05) is 6.54 Å². The minimum absolute atomic E-state index is 0.00349. The van der Waals surface area contributed by atoms with E-state index in [1.165, 1.54) is 23.9 Å². The largest absolute Gasteiger partial charge is 0.481 e. The number of hydrogen-bond acceptors (Lipinski definition) is 5. The van der Waals surface area contributed by atoms with Crippen molar-refractivity contribution in [3.8, 4) is 0 Å². The molecule has 0 saturated carbocycles. The van der Waals surface area contributed by atoms with Gasteiger partial charge in [-0.05, 0) is 12.5 Å². The Kier molecular flexibility index (Phi) is 7.70. The Balaban J connectivity index is 2.99. The normalized spacial score (nSPS) is 12.0. The van der Waals surface area contributed by atoms with Crippen LogP contribution in [0.2, 0.25) is 0 Å². The summed E-state index contributed by atoms with van der Waals surface area (Å²) in [6.07, 6.45) is 1.15. The number of aliphatic carboxylic acids is 1. The summed E-state index contributed by atoms with van der Waals surface area (Å²) in [5, 5.41) is 22.9. The number of nitrogens with zero attached hydrogens (tertiary/aromatic N) is 1. The van der Waals surface area contributed by atoms with E-state index in [-0.39, 0.29) is 23.0 Å². The molecule has 1 atom stereocenters. The van der Waals surface area contributed by atoms with Crippen LogP contribution in [0.1, 0.15) is 44.0 Å². The molecule has 132 valence electrons. The predicted octanol–water partition coefficient (Wildman–Crippen LogP) is 3.33. The molecule has 8 heteroatoms. The average molecular weight is 354 g/mol. The highest BCUT2D eigenvalue weighted by atomic mass is 32.2. The van der Waals surface area contributed by atoms with Crippen LogP contribution < -0.4 is 5.32 Å². The molecule has 0 radical (unpaired) electrons. The number of nitro groups is 1. The first-order chi connectivity index (χ1) is 11.3. The van der Waals surface area contributed by atoms with Gasteiger partial charge in [0.2, 0.25) is 0 Å². The molecule has 0 aliphatic heterocycles. The minimum Gasteiger partial charge on any atom is -0.481 e. The molecular formula is C16H22N2O5S. The van der Waals surface area contributed by atoms with E-state index in [1.54, 1.807) is 6.07 Å². The van der Waals surface area contributed by atoms with Crippen LogP contribution in [0.5, 0.6) is 0 Å². The van der Waals surface area contributed by atoms with Gasteiger partial charge >= 0.3 is 5.97 Å². The molecule has 0 aliphatic carbocycles. The Morgan fingerprint density at radius 2 is 2.04 bits per heavy atom. The predicted molar refractivity (Wildman–Crippen MR) is 92.5 cm³/mol. The molecule has 1 amide bonds. The molecular weight excluding hydrogens is 332 g/mol. The van der Waals surface area contributed by atoms with Crippen LogP contribution in [0.15, 0.2) is 23.1 Å². The van der Waals surface area contributed by atoms with Gasteiger partial charge in [-0.25, -0.2) is 0 Å². The van der Waals surface area contributed by atoms with E-state index in [2.05, 4.69) is 5.32 Å². The van der Waals surface area contributed by atoms with Crippen molar-refractivity contribution < 1.29 is 19.6 Å². The number of carbonyl (C=O) groups excluding carboxylic acids is 1.